The van der Waals surface area contributed by atoms with E-state index in [2.05, 4.69) is 15.5 Å². The smallest absolute Gasteiger partial charge is 0.273 e. The quantitative estimate of drug-likeness (QED) is 0.759. The number of hydrogen-bond acceptors (Lipinski definition) is 4. The molecule has 0 atom stereocenters. The van der Waals surface area contributed by atoms with Crippen molar-refractivity contribution in [1.82, 2.24) is 15.5 Å². The molecule has 0 saturated carbocycles. The topological polar surface area (TPSA) is 118 Å². The highest BCUT2D eigenvalue weighted by atomic mass is 32.2. The van der Waals surface area contributed by atoms with Gasteiger partial charge in [-0.15, -0.1) is 0 Å². The number of aromatic amines is 1. The number of nitrogens with one attached hydrogen (secondary N) is 2. The molecule has 7 nitrogen and oxygen atoms in total. The Morgan fingerprint density at radius 1 is 1.37 bits per heavy atom. The molecule has 1 heterocycles. The minimum absolute atomic E-state index is 0.142. The minimum atomic E-state index is -4.02. The Labute approximate surface area is 113 Å². The number of carbonyl (C=O) groups is 1. The summed E-state index contributed by atoms with van der Waals surface area (Å²) in [6, 6.07) is 0. The first-order valence-corrected chi connectivity index (χ1v) is 7.41. The molecule has 19 heavy (non-hydrogen) atoms. The molecule has 4 N–H and O–H groups in total. The van der Waals surface area contributed by atoms with Crippen LogP contribution in [0.15, 0.2) is 4.90 Å². The van der Waals surface area contributed by atoms with Crippen LogP contribution in [-0.2, 0) is 10.0 Å². The lowest BCUT2D eigenvalue weighted by atomic mass is 10.1. The summed E-state index contributed by atoms with van der Waals surface area (Å²) in [6.07, 6.45) is 0. The lowest BCUT2D eigenvalue weighted by Gasteiger charge is -2.19. The van der Waals surface area contributed by atoms with E-state index in [9.17, 15) is 13.2 Å². The lowest BCUT2D eigenvalue weighted by molar-refractivity contribution is 0.0911. The van der Waals surface area contributed by atoms with Crippen LogP contribution in [0.1, 0.15) is 56.7 Å². The summed E-state index contributed by atoms with van der Waals surface area (Å²) in [4.78, 5) is 11.8. The van der Waals surface area contributed by atoms with Crippen LogP contribution in [0.3, 0.4) is 0 Å². The van der Waals surface area contributed by atoms with Gasteiger partial charge in [0.1, 0.15) is 4.90 Å². The Bertz CT molecular complexity index is 582. The maximum absolute atomic E-state index is 12.1. The van der Waals surface area contributed by atoms with E-state index in [0.717, 1.165) is 0 Å². The average Bonchev–Trinajstić information content (AvgIpc) is 2.57. The highest BCUT2D eigenvalue weighted by Crippen LogP contribution is 2.24. The number of carbonyl (C=O) groups excluding carboxylic acids is 1. The molecule has 0 saturated heterocycles. The van der Waals surface area contributed by atoms with E-state index in [4.69, 9.17) is 5.14 Å². The van der Waals surface area contributed by atoms with Crippen molar-refractivity contribution in [3.05, 3.63) is 11.4 Å². The number of nitrogens with two attached hydrogens (primary N) is 1. The van der Waals surface area contributed by atoms with Crippen LogP contribution in [0.2, 0.25) is 0 Å². The first-order valence-electron chi connectivity index (χ1n) is 5.87. The Morgan fingerprint density at radius 2 is 1.89 bits per heavy atom. The first-order chi connectivity index (χ1) is 8.43. The van der Waals surface area contributed by atoms with E-state index >= 15 is 0 Å². The van der Waals surface area contributed by atoms with E-state index in [1.807, 2.05) is 0 Å². The van der Waals surface area contributed by atoms with Crippen LogP contribution in [0.25, 0.3) is 0 Å². The standard InChI is InChI=1S/C11H20N4O3S/c1-6(2)7-9(19(12,17)18)8(15-14-7)10(16)13-11(3,4)5/h6H,1-5H3,(H,13,16)(H,14,15)(H2,12,17,18). The fourth-order valence-electron chi connectivity index (χ4n) is 1.58. The van der Waals surface area contributed by atoms with Gasteiger partial charge in [-0.25, -0.2) is 13.6 Å². The second-order valence-electron chi connectivity index (χ2n) is 5.72. The van der Waals surface area contributed by atoms with Gasteiger partial charge in [-0.2, -0.15) is 5.10 Å². The molecule has 0 aliphatic rings. The van der Waals surface area contributed by atoms with Gasteiger partial charge in [0.15, 0.2) is 5.69 Å². The molecular formula is C11H20N4O3S. The number of H-pyrrole nitrogens is 1. The van der Waals surface area contributed by atoms with Gasteiger partial charge in [-0.1, -0.05) is 13.8 Å². The predicted octanol–water partition coefficient (Wildman–Crippen LogP) is 0.709. The molecule has 8 heteroatoms. The average molecular weight is 288 g/mol. The summed E-state index contributed by atoms with van der Waals surface area (Å²) in [5.74, 6) is -0.711. The second-order valence-corrected chi connectivity index (χ2v) is 7.22. The predicted molar refractivity (Wildman–Crippen MR) is 71.3 cm³/mol. The third-order valence-corrected chi connectivity index (χ3v) is 3.30. The molecule has 0 aliphatic heterocycles. The molecule has 0 aliphatic carbocycles. The highest BCUT2D eigenvalue weighted by molar-refractivity contribution is 7.89. The van der Waals surface area contributed by atoms with Crippen molar-refractivity contribution in [2.75, 3.05) is 0 Å². The highest BCUT2D eigenvalue weighted by Gasteiger charge is 2.30. The molecule has 1 aromatic rings. The Morgan fingerprint density at radius 3 is 2.26 bits per heavy atom. The first kappa shape index (κ1) is 15.6. The fraction of sp³-hybridized carbons (Fsp3) is 0.636. The molecule has 0 fully saturated rings. The van der Waals surface area contributed by atoms with E-state index in [1.165, 1.54) is 0 Å². The summed E-state index contributed by atoms with van der Waals surface area (Å²) >= 11 is 0. The number of sulfonamides is 1. The van der Waals surface area contributed by atoms with Crippen molar-refractivity contribution in [3.8, 4) is 0 Å². The second kappa shape index (κ2) is 4.93. The monoisotopic (exact) mass is 288 g/mol. The van der Waals surface area contributed by atoms with Gasteiger partial charge < -0.3 is 5.32 Å². The molecule has 0 spiro atoms. The number of primary sulfonamides is 1. The zero-order valence-electron chi connectivity index (χ0n) is 11.7. The van der Waals surface area contributed by atoms with Crippen molar-refractivity contribution in [1.29, 1.82) is 0 Å². The lowest BCUT2D eigenvalue weighted by Crippen LogP contribution is -2.41. The van der Waals surface area contributed by atoms with Crippen molar-refractivity contribution in [2.45, 2.75) is 51.0 Å². The van der Waals surface area contributed by atoms with E-state index in [1.54, 1.807) is 34.6 Å². The van der Waals surface area contributed by atoms with Crippen molar-refractivity contribution >= 4 is 15.9 Å². The molecule has 0 radical (unpaired) electrons. The van der Waals surface area contributed by atoms with Crippen LogP contribution in [0, 0.1) is 0 Å². The zero-order valence-corrected chi connectivity index (χ0v) is 12.6. The fourth-order valence-corrected chi connectivity index (χ4v) is 2.57. The molecule has 108 valence electrons. The van der Waals surface area contributed by atoms with Gasteiger partial charge in [0, 0.05) is 5.54 Å². The van der Waals surface area contributed by atoms with Gasteiger partial charge in [0.25, 0.3) is 5.91 Å². The third-order valence-electron chi connectivity index (χ3n) is 2.31. The van der Waals surface area contributed by atoms with Gasteiger partial charge in [0.2, 0.25) is 10.0 Å². The summed E-state index contributed by atoms with van der Waals surface area (Å²) < 4.78 is 23.3. The summed E-state index contributed by atoms with van der Waals surface area (Å²) in [7, 11) is -4.02. The van der Waals surface area contributed by atoms with Crippen LogP contribution in [0.4, 0.5) is 0 Å². The van der Waals surface area contributed by atoms with E-state index in [0.29, 0.717) is 5.69 Å². The summed E-state index contributed by atoms with van der Waals surface area (Å²) in [5.41, 5.74) is -0.355. The van der Waals surface area contributed by atoms with E-state index in [-0.39, 0.29) is 16.5 Å². The molecule has 0 unspecified atom stereocenters. The SMILES string of the molecule is CC(C)c1[nH]nc(C(=O)NC(C)(C)C)c1S(N)(=O)=O. The maximum Gasteiger partial charge on any atom is 0.273 e. The number of rotatable bonds is 3. The van der Waals surface area contributed by atoms with E-state index < -0.39 is 21.5 Å². The molecule has 1 rings (SSSR count). The van der Waals surface area contributed by atoms with Gasteiger partial charge in [0.05, 0.1) is 5.69 Å². The van der Waals surface area contributed by atoms with Crippen LogP contribution in [0.5, 0.6) is 0 Å². The summed E-state index contributed by atoms with van der Waals surface area (Å²) in [6.45, 7) is 8.94. The number of hydrogen-bond donors (Lipinski definition) is 3. The summed E-state index contributed by atoms with van der Waals surface area (Å²) in [5, 5.41) is 14.2. The van der Waals surface area contributed by atoms with Gasteiger partial charge >= 0.3 is 0 Å². The molecule has 0 aromatic carbocycles. The maximum atomic E-state index is 12.1. The number of aromatic nitrogens is 2. The largest absolute Gasteiger partial charge is 0.346 e. The molecule has 1 aromatic heterocycles. The van der Waals surface area contributed by atoms with Crippen LogP contribution in [-0.4, -0.2) is 30.1 Å². The number of nitrogens with zero attached hydrogens (tertiary/aromatic N) is 1. The van der Waals surface area contributed by atoms with Gasteiger partial charge in [-0.3, -0.25) is 9.89 Å². The van der Waals surface area contributed by atoms with Crippen LogP contribution < -0.4 is 10.5 Å². The van der Waals surface area contributed by atoms with Crippen LogP contribution >= 0.6 is 0 Å². The Balaban J connectivity index is 3.35. The number of amides is 1. The minimum Gasteiger partial charge on any atom is -0.346 e. The third kappa shape index (κ3) is 3.77. The van der Waals surface area contributed by atoms with Crippen molar-refractivity contribution < 1.29 is 13.2 Å². The Kier molecular flexibility index (Phi) is 4.06. The van der Waals surface area contributed by atoms with Crippen molar-refractivity contribution in [3.63, 3.8) is 0 Å². The molecule has 1 amide bonds. The molecular weight excluding hydrogens is 268 g/mol. The normalized spacial score (nSPS) is 12.8. The van der Waals surface area contributed by atoms with Gasteiger partial charge in [-0.05, 0) is 26.7 Å². The Hall–Kier alpha value is -1.41. The van der Waals surface area contributed by atoms with Crippen molar-refractivity contribution in [2.24, 2.45) is 5.14 Å². The zero-order chi connectivity index (χ0) is 15.0. The molecule has 0 bridgehead atoms.